The molecule has 2 aliphatic rings. The quantitative estimate of drug-likeness (QED) is 0.244. The Morgan fingerprint density at radius 2 is 1.80 bits per heavy atom. The molecule has 1 fully saturated rings. The molecule has 206 valence electrons. The minimum absolute atomic E-state index is 0.707. The van der Waals surface area contributed by atoms with Gasteiger partial charge in [-0.15, -0.1) is 0 Å². The molecule has 4 aromatic rings. The Hall–Kier alpha value is -3.59. The molecule has 6 rings (SSSR count). The van der Waals surface area contributed by atoms with Gasteiger partial charge in [0.15, 0.2) is 0 Å². The molecule has 2 atom stereocenters. The van der Waals surface area contributed by atoms with Crippen molar-refractivity contribution in [3.8, 4) is 0 Å². The van der Waals surface area contributed by atoms with Gasteiger partial charge < -0.3 is 10.3 Å². The van der Waals surface area contributed by atoms with Crippen LogP contribution in [0.2, 0.25) is 0 Å². The van der Waals surface area contributed by atoms with Gasteiger partial charge in [-0.25, -0.2) is 0 Å². The van der Waals surface area contributed by atoms with Crippen molar-refractivity contribution in [2.75, 3.05) is 5.32 Å². The number of hydrogen-bond donors (Lipinski definition) is 2. The summed E-state index contributed by atoms with van der Waals surface area (Å²) in [5.41, 5.74) is 13.7. The van der Waals surface area contributed by atoms with Crippen LogP contribution in [0.4, 0.5) is 11.4 Å². The highest BCUT2D eigenvalue weighted by molar-refractivity contribution is 6.08. The molecule has 0 bridgehead atoms. The van der Waals surface area contributed by atoms with E-state index >= 15 is 0 Å². The molecule has 0 aliphatic heterocycles. The lowest BCUT2D eigenvalue weighted by atomic mass is 9.85. The third-order valence-corrected chi connectivity index (χ3v) is 9.16. The number of pyridine rings is 1. The van der Waals surface area contributed by atoms with Crippen LogP contribution in [-0.2, 0) is 6.42 Å². The molecule has 3 nitrogen and oxygen atoms in total. The number of benzene rings is 2. The van der Waals surface area contributed by atoms with Gasteiger partial charge in [0.05, 0.1) is 11.4 Å². The number of aromatic nitrogens is 2. The van der Waals surface area contributed by atoms with E-state index in [1.54, 1.807) is 0 Å². The van der Waals surface area contributed by atoms with Crippen LogP contribution in [0.15, 0.2) is 72.3 Å². The topological polar surface area (TPSA) is 40.7 Å². The summed E-state index contributed by atoms with van der Waals surface area (Å²) in [5.74, 6) is 1.58. The number of allylic oxidation sites excluding steroid dienone is 4. The Morgan fingerprint density at radius 1 is 0.950 bits per heavy atom. The second-order valence-electron chi connectivity index (χ2n) is 12.1. The van der Waals surface area contributed by atoms with Gasteiger partial charge in [0.1, 0.15) is 0 Å². The molecule has 2 aromatic heterocycles. The summed E-state index contributed by atoms with van der Waals surface area (Å²) < 4.78 is 0. The van der Waals surface area contributed by atoms with Crippen LogP contribution >= 0.6 is 0 Å². The summed E-state index contributed by atoms with van der Waals surface area (Å²) in [6.45, 7) is 8.98. The number of hydrogen-bond acceptors (Lipinski definition) is 2. The van der Waals surface area contributed by atoms with E-state index in [9.17, 15) is 0 Å². The largest absolute Gasteiger partial charge is 0.357 e. The number of rotatable bonds is 6. The smallest absolute Gasteiger partial charge is 0.0710 e. The van der Waals surface area contributed by atoms with Gasteiger partial charge in [-0.1, -0.05) is 69.0 Å². The molecule has 1 saturated carbocycles. The number of nitrogens with zero attached hydrogens (tertiary/aromatic N) is 1. The Morgan fingerprint density at radius 3 is 2.60 bits per heavy atom. The Labute approximate surface area is 239 Å². The molecule has 2 heterocycles. The van der Waals surface area contributed by atoms with Crippen molar-refractivity contribution in [1.29, 1.82) is 0 Å². The highest BCUT2D eigenvalue weighted by atomic mass is 14.9. The molecule has 3 heteroatoms. The van der Waals surface area contributed by atoms with E-state index in [0.29, 0.717) is 5.92 Å². The molecule has 2 unspecified atom stereocenters. The van der Waals surface area contributed by atoms with E-state index in [1.165, 1.54) is 82.2 Å². The summed E-state index contributed by atoms with van der Waals surface area (Å²) in [5, 5.41) is 5.06. The zero-order valence-electron chi connectivity index (χ0n) is 24.6. The van der Waals surface area contributed by atoms with Gasteiger partial charge in [0.25, 0.3) is 0 Å². The second-order valence-corrected chi connectivity index (χ2v) is 12.1. The molecule has 0 saturated heterocycles. The molecule has 0 amide bonds. The molecule has 2 aliphatic carbocycles. The van der Waals surface area contributed by atoms with Gasteiger partial charge >= 0.3 is 0 Å². The van der Waals surface area contributed by atoms with E-state index in [0.717, 1.165) is 42.3 Å². The lowest BCUT2D eigenvalue weighted by Crippen LogP contribution is -2.02. The zero-order chi connectivity index (χ0) is 27.6. The van der Waals surface area contributed by atoms with E-state index in [2.05, 4.69) is 105 Å². The summed E-state index contributed by atoms with van der Waals surface area (Å²) in [6, 6.07) is 22.5. The first-order valence-electron chi connectivity index (χ1n) is 15.4. The third-order valence-electron chi connectivity index (χ3n) is 9.16. The van der Waals surface area contributed by atoms with E-state index in [-0.39, 0.29) is 0 Å². The van der Waals surface area contributed by atoms with Crippen LogP contribution in [-0.4, -0.2) is 9.97 Å². The van der Waals surface area contributed by atoms with Gasteiger partial charge in [-0.05, 0) is 111 Å². The predicted molar refractivity (Wildman–Crippen MR) is 171 cm³/mol. The fraction of sp³-hybridized carbons (Fsp3) is 0.378. The average Bonchev–Trinajstić information content (AvgIpc) is 3.16. The van der Waals surface area contributed by atoms with Crippen LogP contribution in [0.3, 0.4) is 0 Å². The van der Waals surface area contributed by atoms with Crippen molar-refractivity contribution in [2.45, 2.75) is 85.0 Å². The standard InChI is InChI=1S/C37H43N3/c1-5-33-37(39-30-20-17-28(18-21-30)27-12-6-9-24(2)15-16-27)32-23-29(19-22-34(32)40-33)31-13-7-10-25(3)36(31)35-14-8-11-26(4)38-35/h8,11,13-14,17-24,27,39-40H,5-7,9-10,12,15-16H2,1-4H3. The molecule has 2 N–H and O–H groups in total. The van der Waals surface area contributed by atoms with Crippen molar-refractivity contribution in [1.82, 2.24) is 9.97 Å². The van der Waals surface area contributed by atoms with E-state index < -0.39 is 0 Å². The molecular weight excluding hydrogens is 486 g/mol. The van der Waals surface area contributed by atoms with Crippen LogP contribution < -0.4 is 5.32 Å². The average molecular weight is 530 g/mol. The summed E-state index contributed by atoms with van der Waals surface area (Å²) >= 11 is 0. The lowest BCUT2D eigenvalue weighted by Gasteiger charge is -2.21. The first-order chi connectivity index (χ1) is 19.5. The zero-order valence-corrected chi connectivity index (χ0v) is 24.6. The van der Waals surface area contributed by atoms with Crippen LogP contribution in [0, 0.1) is 12.8 Å². The summed E-state index contributed by atoms with van der Waals surface area (Å²) in [4.78, 5) is 8.60. The number of anilines is 2. The normalized spacial score (nSPS) is 19.9. The fourth-order valence-corrected chi connectivity index (χ4v) is 6.82. The van der Waals surface area contributed by atoms with Gasteiger partial charge in [-0.3, -0.25) is 4.98 Å². The maximum absolute atomic E-state index is 4.91. The molecule has 0 radical (unpaired) electrons. The monoisotopic (exact) mass is 529 g/mol. The van der Waals surface area contributed by atoms with Gasteiger partial charge in [0, 0.05) is 33.6 Å². The summed E-state index contributed by atoms with van der Waals surface area (Å²) in [6.07, 6.45) is 12.3. The molecular formula is C37H43N3. The molecule has 0 spiro atoms. The van der Waals surface area contributed by atoms with Crippen molar-refractivity contribution >= 4 is 33.4 Å². The second kappa shape index (κ2) is 11.5. The number of aromatic amines is 1. The maximum atomic E-state index is 4.91. The fourth-order valence-electron chi connectivity index (χ4n) is 6.82. The Bertz CT molecular complexity index is 1570. The molecule has 40 heavy (non-hydrogen) atoms. The lowest BCUT2D eigenvalue weighted by molar-refractivity contribution is 0.499. The van der Waals surface area contributed by atoms with Gasteiger partial charge in [0.2, 0.25) is 0 Å². The minimum Gasteiger partial charge on any atom is -0.357 e. The number of fused-ring (bicyclic) bond motifs is 1. The van der Waals surface area contributed by atoms with Crippen LogP contribution in [0.25, 0.3) is 22.0 Å². The SMILES string of the molecule is CCc1[nH]c2ccc(C3=CCCC(C)=C3c3cccc(C)n3)cc2c1Nc1ccc(C2CCCC(C)CC2)cc1. The first kappa shape index (κ1) is 26.6. The Balaban J connectivity index is 1.32. The minimum atomic E-state index is 0.707. The number of nitrogens with one attached hydrogen (secondary N) is 2. The van der Waals surface area contributed by atoms with Crippen molar-refractivity contribution in [2.24, 2.45) is 5.92 Å². The van der Waals surface area contributed by atoms with Gasteiger partial charge in [-0.2, -0.15) is 0 Å². The predicted octanol–water partition coefficient (Wildman–Crippen LogP) is 10.5. The van der Waals surface area contributed by atoms with E-state index in [1.807, 2.05) is 0 Å². The van der Waals surface area contributed by atoms with Crippen LogP contribution in [0.1, 0.15) is 99.8 Å². The van der Waals surface area contributed by atoms with Crippen molar-refractivity contribution in [3.05, 3.63) is 101 Å². The maximum Gasteiger partial charge on any atom is 0.0710 e. The number of H-pyrrole nitrogens is 1. The highest BCUT2D eigenvalue weighted by Gasteiger charge is 2.21. The number of aryl methyl sites for hydroxylation is 2. The van der Waals surface area contributed by atoms with Crippen LogP contribution in [0.5, 0.6) is 0 Å². The Kier molecular flexibility index (Phi) is 7.65. The molecule has 2 aromatic carbocycles. The van der Waals surface area contributed by atoms with E-state index in [4.69, 9.17) is 4.98 Å². The first-order valence-corrected chi connectivity index (χ1v) is 15.4. The summed E-state index contributed by atoms with van der Waals surface area (Å²) in [7, 11) is 0. The highest BCUT2D eigenvalue weighted by Crippen LogP contribution is 2.41. The van der Waals surface area contributed by atoms with Crippen molar-refractivity contribution in [3.63, 3.8) is 0 Å². The third kappa shape index (κ3) is 5.39. The van der Waals surface area contributed by atoms with Crippen molar-refractivity contribution < 1.29 is 0 Å².